The maximum atomic E-state index is 12.5. The van der Waals surface area contributed by atoms with Crippen LogP contribution in [0.15, 0.2) is 30.5 Å². The van der Waals surface area contributed by atoms with Gasteiger partial charge in [-0.2, -0.15) is 0 Å². The zero-order valence-electron chi connectivity index (χ0n) is 15.3. The minimum atomic E-state index is -0.487. The number of carbonyl (C=O) groups excluding carboxylic acids is 1. The van der Waals surface area contributed by atoms with E-state index in [2.05, 4.69) is 4.98 Å². The summed E-state index contributed by atoms with van der Waals surface area (Å²) < 4.78 is 22.4. The summed E-state index contributed by atoms with van der Waals surface area (Å²) in [5.41, 5.74) is 2.19. The number of pyridine rings is 1. The van der Waals surface area contributed by atoms with E-state index in [-0.39, 0.29) is 18.6 Å². The van der Waals surface area contributed by atoms with Gasteiger partial charge in [0.15, 0.2) is 0 Å². The first-order valence-corrected chi connectivity index (χ1v) is 8.82. The van der Waals surface area contributed by atoms with Crippen LogP contribution in [0.3, 0.4) is 0 Å². The molecule has 1 aromatic carbocycles. The van der Waals surface area contributed by atoms with Crippen molar-refractivity contribution in [2.24, 2.45) is 0 Å². The minimum absolute atomic E-state index is 0.0830. The largest absolute Gasteiger partial charge is 0.493 e. The maximum Gasteiger partial charge on any atom is 0.343 e. The summed E-state index contributed by atoms with van der Waals surface area (Å²) in [7, 11) is 0. The molecule has 0 aliphatic carbocycles. The van der Waals surface area contributed by atoms with Crippen LogP contribution in [0.1, 0.15) is 42.3 Å². The van der Waals surface area contributed by atoms with Gasteiger partial charge in [0.25, 0.3) is 0 Å². The van der Waals surface area contributed by atoms with Crippen molar-refractivity contribution in [2.45, 2.75) is 39.9 Å². The maximum absolute atomic E-state index is 12.5. The molecule has 0 radical (unpaired) electrons. The number of nitrogens with zero attached hydrogens (tertiary/aromatic N) is 1. The van der Waals surface area contributed by atoms with Gasteiger partial charge in [0.2, 0.25) is 5.88 Å². The molecule has 2 aromatic rings. The third-order valence-corrected chi connectivity index (χ3v) is 4.01. The number of fused-ring (bicyclic) bond motifs is 1. The highest BCUT2D eigenvalue weighted by molar-refractivity contribution is 5.91. The quantitative estimate of drug-likeness (QED) is 0.706. The number of carbonyl (C=O) groups is 1. The fraction of sp³-hybridized carbons (Fsp3) is 0.400. The van der Waals surface area contributed by atoms with Crippen LogP contribution in [-0.4, -0.2) is 30.3 Å². The molecule has 138 valence electrons. The lowest BCUT2D eigenvalue weighted by atomic mass is 10.1. The fourth-order valence-corrected chi connectivity index (χ4v) is 2.90. The van der Waals surface area contributed by atoms with Gasteiger partial charge in [-0.15, -0.1) is 0 Å². The van der Waals surface area contributed by atoms with Crippen molar-refractivity contribution in [3.63, 3.8) is 0 Å². The lowest BCUT2D eigenvalue weighted by molar-refractivity contribution is 0.0464. The van der Waals surface area contributed by atoms with E-state index in [4.69, 9.17) is 18.9 Å². The predicted molar refractivity (Wildman–Crippen MR) is 95.9 cm³/mol. The molecule has 0 saturated heterocycles. The molecule has 1 atom stereocenters. The Labute approximate surface area is 153 Å². The topological polar surface area (TPSA) is 66.9 Å². The average molecular weight is 357 g/mol. The molecule has 0 fully saturated rings. The van der Waals surface area contributed by atoms with Gasteiger partial charge in [0.05, 0.1) is 13.2 Å². The smallest absolute Gasteiger partial charge is 0.343 e. The van der Waals surface area contributed by atoms with Crippen LogP contribution in [-0.2, 0) is 17.8 Å². The van der Waals surface area contributed by atoms with Gasteiger partial charge in [0, 0.05) is 23.7 Å². The lowest BCUT2D eigenvalue weighted by Gasteiger charge is -2.13. The van der Waals surface area contributed by atoms with E-state index >= 15 is 0 Å². The Morgan fingerprint density at radius 3 is 2.85 bits per heavy atom. The predicted octanol–water partition coefficient (Wildman–Crippen LogP) is 3.56. The van der Waals surface area contributed by atoms with E-state index in [1.54, 1.807) is 18.3 Å². The molecule has 0 bridgehead atoms. The minimum Gasteiger partial charge on any atom is -0.493 e. The van der Waals surface area contributed by atoms with Gasteiger partial charge in [0.1, 0.15) is 29.8 Å². The van der Waals surface area contributed by atoms with Gasteiger partial charge in [-0.05, 0) is 45.0 Å². The number of hydrogen-bond acceptors (Lipinski definition) is 6. The molecular formula is C20H23NO5. The number of esters is 1. The fourth-order valence-electron chi connectivity index (χ4n) is 2.90. The zero-order valence-corrected chi connectivity index (χ0v) is 15.3. The molecule has 2 heterocycles. The number of aromatic nitrogens is 1. The van der Waals surface area contributed by atoms with Gasteiger partial charge in [-0.25, -0.2) is 9.78 Å². The molecule has 6 heteroatoms. The molecule has 1 aliphatic heterocycles. The molecule has 26 heavy (non-hydrogen) atoms. The SMILES string of the molecule is CCOc1cc2c(cc1COC(=O)c1cccnc1OCC)OC(C)C2. The van der Waals surface area contributed by atoms with Crippen molar-refractivity contribution in [1.29, 1.82) is 0 Å². The van der Waals surface area contributed by atoms with Gasteiger partial charge >= 0.3 is 5.97 Å². The molecule has 1 aliphatic rings. The van der Waals surface area contributed by atoms with E-state index in [0.29, 0.717) is 24.5 Å². The average Bonchev–Trinajstić information content (AvgIpc) is 2.99. The van der Waals surface area contributed by atoms with E-state index in [9.17, 15) is 4.79 Å². The molecule has 0 spiro atoms. The van der Waals surface area contributed by atoms with E-state index in [1.807, 2.05) is 32.9 Å². The molecule has 1 unspecified atom stereocenters. The third-order valence-electron chi connectivity index (χ3n) is 4.01. The van der Waals surface area contributed by atoms with Crippen LogP contribution in [0.5, 0.6) is 17.4 Å². The summed E-state index contributed by atoms with van der Waals surface area (Å²) in [5.74, 6) is 1.33. The first-order chi connectivity index (χ1) is 12.6. The normalized spacial score (nSPS) is 15.1. The molecule has 0 saturated carbocycles. The summed E-state index contributed by atoms with van der Waals surface area (Å²) in [4.78, 5) is 16.5. The van der Waals surface area contributed by atoms with Crippen LogP contribution in [0.2, 0.25) is 0 Å². The molecular weight excluding hydrogens is 334 g/mol. The Bertz CT molecular complexity index is 790. The third kappa shape index (κ3) is 3.90. The highest BCUT2D eigenvalue weighted by Crippen LogP contribution is 2.35. The Morgan fingerprint density at radius 1 is 1.27 bits per heavy atom. The van der Waals surface area contributed by atoms with Crippen molar-refractivity contribution in [3.8, 4) is 17.4 Å². The standard InChI is InChI=1S/C20H23NO5/c1-4-23-17-10-14-9-13(3)26-18(14)11-15(17)12-25-20(22)16-7-6-8-21-19(16)24-5-2/h6-8,10-11,13H,4-5,9,12H2,1-3H3. The molecule has 1 aromatic heterocycles. The Kier molecular flexibility index (Phi) is 5.61. The molecule has 0 N–H and O–H groups in total. The Balaban J connectivity index is 1.77. The first kappa shape index (κ1) is 18.0. The van der Waals surface area contributed by atoms with Crippen molar-refractivity contribution in [1.82, 2.24) is 4.98 Å². The monoisotopic (exact) mass is 357 g/mol. The van der Waals surface area contributed by atoms with Crippen LogP contribution < -0.4 is 14.2 Å². The molecule has 0 amide bonds. The molecule has 6 nitrogen and oxygen atoms in total. The Hall–Kier alpha value is -2.76. The number of hydrogen-bond donors (Lipinski definition) is 0. The van der Waals surface area contributed by atoms with Crippen molar-refractivity contribution in [3.05, 3.63) is 47.2 Å². The van der Waals surface area contributed by atoms with Gasteiger partial charge < -0.3 is 18.9 Å². The van der Waals surface area contributed by atoms with E-state index in [0.717, 1.165) is 23.3 Å². The van der Waals surface area contributed by atoms with Crippen molar-refractivity contribution in [2.75, 3.05) is 13.2 Å². The number of ether oxygens (including phenoxy) is 4. The Morgan fingerprint density at radius 2 is 2.08 bits per heavy atom. The van der Waals surface area contributed by atoms with Crippen LogP contribution in [0.25, 0.3) is 0 Å². The lowest BCUT2D eigenvalue weighted by Crippen LogP contribution is -2.10. The van der Waals surface area contributed by atoms with Crippen molar-refractivity contribution >= 4 is 5.97 Å². The summed E-state index contributed by atoms with van der Waals surface area (Å²) in [6.45, 7) is 6.83. The van der Waals surface area contributed by atoms with Crippen LogP contribution >= 0.6 is 0 Å². The number of rotatable bonds is 7. The second-order valence-electron chi connectivity index (χ2n) is 6.00. The summed E-state index contributed by atoms with van der Waals surface area (Å²) in [6.07, 6.45) is 2.57. The van der Waals surface area contributed by atoms with E-state index in [1.165, 1.54) is 0 Å². The summed E-state index contributed by atoms with van der Waals surface area (Å²) in [6, 6.07) is 7.18. The number of benzene rings is 1. The highest BCUT2D eigenvalue weighted by Gasteiger charge is 2.23. The summed E-state index contributed by atoms with van der Waals surface area (Å²) in [5, 5.41) is 0. The second kappa shape index (κ2) is 8.08. The zero-order chi connectivity index (χ0) is 18.5. The van der Waals surface area contributed by atoms with E-state index < -0.39 is 5.97 Å². The molecule has 3 rings (SSSR count). The van der Waals surface area contributed by atoms with Crippen LogP contribution in [0.4, 0.5) is 0 Å². The second-order valence-corrected chi connectivity index (χ2v) is 6.00. The van der Waals surface area contributed by atoms with Crippen LogP contribution in [0, 0.1) is 0 Å². The summed E-state index contributed by atoms with van der Waals surface area (Å²) >= 11 is 0. The van der Waals surface area contributed by atoms with Crippen molar-refractivity contribution < 1.29 is 23.7 Å². The van der Waals surface area contributed by atoms with Gasteiger partial charge in [-0.1, -0.05) is 0 Å². The van der Waals surface area contributed by atoms with Gasteiger partial charge in [-0.3, -0.25) is 0 Å². The first-order valence-electron chi connectivity index (χ1n) is 8.82. The highest BCUT2D eigenvalue weighted by atomic mass is 16.5.